The van der Waals surface area contributed by atoms with E-state index in [0.29, 0.717) is 13.1 Å². The van der Waals surface area contributed by atoms with Crippen molar-refractivity contribution in [2.24, 2.45) is 10.9 Å². The van der Waals surface area contributed by atoms with E-state index < -0.39 is 12.7 Å². The van der Waals surface area contributed by atoms with Gasteiger partial charge in [0.1, 0.15) is 0 Å². The number of nitrogens with one attached hydrogen (secondary N) is 1. The van der Waals surface area contributed by atoms with Gasteiger partial charge in [0.25, 0.3) is 0 Å². The van der Waals surface area contributed by atoms with Crippen molar-refractivity contribution in [3.63, 3.8) is 0 Å². The number of rotatable bonds is 9. The Balaban J connectivity index is 2.37. The second-order valence-corrected chi connectivity index (χ2v) is 7.20. The van der Waals surface area contributed by atoms with Gasteiger partial charge in [-0.05, 0) is 43.7 Å². The Morgan fingerprint density at radius 2 is 2.12 bits per heavy atom. The summed E-state index contributed by atoms with van der Waals surface area (Å²) in [6, 6.07) is 0. The molecule has 0 aromatic heterocycles. The van der Waals surface area contributed by atoms with E-state index in [2.05, 4.69) is 21.5 Å². The normalized spacial score (nSPS) is 19.4. The van der Waals surface area contributed by atoms with Crippen LogP contribution < -0.4 is 5.32 Å². The summed E-state index contributed by atoms with van der Waals surface area (Å²) in [5.74, 6) is 2.31. The Kier molecular flexibility index (Phi) is 9.88. The molecule has 1 heterocycles. The summed E-state index contributed by atoms with van der Waals surface area (Å²) in [5, 5.41) is 3.37. The zero-order chi connectivity index (χ0) is 18.0. The number of alkyl halides is 3. The van der Waals surface area contributed by atoms with Crippen LogP contribution in [-0.2, 0) is 0 Å². The molecule has 1 fully saturated rings. The maximum Gasteiger partial charge on any atom is 0.401 e. The second-order valence-electron chi connectivity index (χ2n) is 6.22. The van der Waals surface area contributed by atoms with E-state index in [1.807, 2.05) is 11.8 Å². The number of halogens is 3. The molecule has 8 heteroatoms. The molecule has 0 radical (unpaired) electrons. The van der Waals surface area contributed by atoms with Crippen LogP contribution in [-0.4, -0.2) is 80.3 Å². The number of unbranched alkanes of at least 4 members (excludes halogenated alkanes) is 1. The van der Waals surface area contributed by atoms with E-state index in [-0.39, 0.29) is 5.92 Å². The zero-order valence-electron chi connectivity index (χ0n) is 15.0. The highest BCUT2D eigenvalue weighted by Crippen LogP contribution is 2.21. The number of likely N-dealkylation sites (tertiary alicyclic amines) is 1. The zero-order valence-corrected chi connectivity index (χ0v) is 15.8. The van der Waals surface area contributed by atoms with Crippen LogP contribution in [0.3, 0.4) is 0 Å². The Bertz CT molecular complexity index is 377. The van der Waals surface area contributed by atoms with Crippen LogP contribution >= 0.6 is 11.8 Å². The van der Waals surface area contributed by atoms with E-state index in [4.69, 9.17) is 0 Å². The van der Waals surface area contributed by atoms with Gasteiger partial charge in [0.2, 0.25) is 0 Å². The van der Waals surface area contributed by atoms with Gasteiger partial charge in [-0.15, -0.1) is 0 Å². The van der Waals surface area contributed by atoms with Crippen LogP contribution in [0.25, 0.3) is 0 Å². The maximum absolute atomic E-state index is 12.6. The number of thioether (sulfide) groups is 1. The van der Waals surface area contributed by atoms with Gasteiger partial charge in [-0.3, -0.25) is 9.89 Å². The average Bonchev–Trinajstić information content (AvgIpc) is 2.97. The standard InChI is InChI=1S/C16H31F3N4S/c1-4-22(13-16(17,18)19)11-14-7-9-23(12-14)15(20-2)21-8-5-6-10-24-3/h14H,4-13H2,1-3H3,(H,20,21). The Hall–Kier alpha value is -0.630. The van der Waals surface area contributed by atoms with Crippen molar-refractivity contribution in [1.82, 2.24) is 15.1 Å². The van der Waals surface area contributed by atoms with E-state index >= 15 is 0 Å². The molecule has 1 saturated heterocycles. The third kappa shape index (κ3) is 8.46. The summed E-state index contributed by atoms with van der Waals surface area (Å²) in [7, 11) is 1.76. The second kappa shape index (κ2) is 11.1. The number of hydrogen-bond acceptors (Lipinski definition) is 3. The maximum atomic E-state index is 12.6. The first-order valence-electron chi connectivity index (χ1n) is 8.63. The van der Waals surface area contributed by atoms with E-state index in [9.17, 15) is 13.2 Å². The van der Waals surface area contributed by atoms with Crippen molar-refractivity contribution in [2.75, 3.05) is 58.3 Å². The van der Waals surface area contributed by atoms with Gasteiger partial charge in [0.05, 0.1) is 6.54 Å². The first kappa shape index (κ1) is 21.4. The van der Waals surface area contributed by atoms with Crippen molar-refractivity contribution in [3.05, 3.63) is 0 Å². The lowest BCUT2D eigenvalue weighted by Crippen LogP contribution is -2.42. The van der Waals surface area contributed by atoms with Crippen LogP contribution in [0, 0.1) is 5.92 Å². The molecule has 1 aliphatic rings. The van der Waals surface area contributed by atoms with Crippen LogP contribution in [0.1, 0.15) is 26.2 Å². The summed E-state index contributed by atoms with van der Waals surface area (Å²) < 4.78 is 37.7. The van der Waals surface area contributed by atoms with Crippen molar-refractivity contribution in [1.29, 1.82) is 0 Å². The summed E-state index contributed by atoms with van der Waals surface area (Å²) in [5.41, 5.74) is 0. The minimum atomic E-state index is -4.12. The molecular formula is C16H31F3N4S. The minimum Gasteiger partial charge on any atom is -0.356 e. The van der Waals surface area contributed by atoms with Crippen LogP contribution in [0.2, 0.25) is 0 Å². The lowest BCUT2D eigenvalue weighted by atomic mass is 10.1. The third-order valence-electron chi connectivity index (χ3n) is 4.22. The number of nitrogens with zero attached hydrogens (tertiary/aromatic N) is 3. The highest BCUT2D eigenvalue weighted by atomic mass is 32.2. The SMILES string of the molecule is CCN(CC1CCN(C(=NC)NCCCCSC)C1)CC(F)(F)F. The Labute approximate surface area is 148 Å². The fourth-order valence-corrected chi connectivity index (χ4v) is 3.49. The van der Waals surface area contributed by atoms with E-state index in [1.54, 1.807) is 14.0 Å². The molecule has 0 spiro atoms. The van der Waals surface area contributed by atoms with E-state index in [0.717, 1.165) is 44.2 Å². The van der Waals surface area contributed by atoms with Crippen molar-refractivity contribution < 1.29 is 13.2 Å². The van der Waals surface area contributed by atoms with Gasteiger partial charge in [-0.25, -0.2) is 0 Å². The molecule has 0 bridgehead atoms. The Morgan fingerprint density at radius 3 is 2.71 bits per heavy atom. The van der Waals surface area contributed by atoms with Crippen molar-refractivity contribution >= 4 is 17.7 Å². The largest absolute Gasteiger partial charge is 0.401 e. The van der Waals surface area contributed by atoms with Crippen LogP contribution in [0.5, 0.6) is 0 Å². The van der Waals surface area contributed by atoms with Crippen molar-refractivity contribution in [2.45, 2.75) is 32.4 Å². The number of aliphatic imine (C=N–C) groups is 1. The van der Waals surface area contributed by atoms with Gasteiger partial charge in [0.15, 0.2) is 5.96 Å². The molecule has 0 aliphatic carbocycles. The van der Waals surface area contributed by atoms with Gasteiger partial charge in [-0.2, -0.15) is 24.9 Å². The molecule has 0 aromatic rings. The van der Waals surface area contributed by atoms with Gasteiger partial charge in [-0.1, -0.05) is 6.92 Å². The fraction of sp³-hybridized carbons (Fsp3) is 0.938. The van der Waals surface area contributed by atoms with Crippen LogP contribution in [0.4, 0.5) is 13.2 Å². The molecule has 0 saturated carbocycles. The monoisotopic (exact) mass is 368 g/mol. The lowest BCUT2D eigenvalue weighted by molar-refractivity contribution is -0.146. The topological polar surface area (TPSA) is 30.9 Å². The lowest BCUT2D eigenvalue weighted by Gasteiger charge is -2.26. The first-order chi connectivity index (χ1) is 11.4. The summed E-state index contributed by atoms with van der Waals surface area (Å²) in [6.07, 6.45) is 1.18. The fourth-order valence-electron chi connectivity index (χ4n) is 3.00. The molecule has 1 aliphatic heterocycles. The van der Waals surface area contributed by atoms with Gasteiger partial charge < -0.3 is 10.2 Å². The number of hydrogen-bond donors (Lipinski definition) is 1. The molecular weight excluding hydrogens is 337 g/mol. The molecule has 0 amide bonds. The minimum absolute atomic E-state index is 0.266. The van der Waals surface area contributed by atoms with Gasteiger partial charge >= 0.3 is 6.18 Å². The third-order valence-corrected chi connectivity index (χ3v) is 4.92. The number of guanidine groups is 1. The molecule has 24 heavy (non-hydrogen) atoms. The van der Waals surface area contributed by atoms with Crippen molar-refractivity contribution in [3.8, 4) is 0 Å². The first-order valence-corrected chi connectivity index (χ1v) is 10.0. The molecule has 4 nitrogen and oxygen atoms in total. The smallest absolute Gasteiger partial charge is 0.356 e. The van der Waals surface area contributed by atoms with Crippen LogP contribution in [0.15, 0.2) is 4.99 Å². The molecule has 142 valence electrons. The molecule has 1 atom stereocenters. The molecule has 1 rings (SSSR count). The average molecular weight is 369 g/mol. The predicted octanol–water partition coefficient (Wildman–Crippen LogP) is 2.91. The van der Waals surface area contributed by atoms with Gasteiger partial charge in [0, 0.05) is 33.2 Å². The highest BCUT2D eigenvalue weighted by Gasteiger charge is 2.32. The molecule has 1 N–H and O–H groups in total. The predicted molar refractivity (Wildman–Crippen MR) is 96.8 cm³/mol. The van der Waals surface area contributed by atoms with E-state index in [1.165, 1.54) is 11.3 Å². The molecule has 1 unspecified atom stereocenters. The quantitative estimate of drug-likeness (QED) is 0.385. The molecule has 0 aromatic carbocycles. The highest BCUT2D eigenvalue weighted by molar-refractivity contribution is 7.98. The summed E-state index contributed by atoms with van der Waals surface area (Å²) >= 11 is 1.85. The summed E-state index contributed by atoms with van der Waals surface area (Å²) in [4.78, 5) is 7.97. The Morgan fingerprint density at radius 1 is 1.38 bits per heavy atom. The summed E-state index contributed by atoms with van der Waals surface area (Å²) in [6.45, 7) is 4.42.